The highest BCUT2D eigenvalue weighted by Gasteiger charge is 2.42. The number of nitrogens with one attached hydrogen (secondary N) is 1. The summed E-state index contributed by atoms with van der Waals surface area (Å²) in [4.78, 5) is 4.24. The Kier molecular flexibility index (Phi) is 4.21. The van der Waals surface area contributed by atoms with Gasteiger partial charge < -0.3 is 5.32 Å². The summed E-state index contributed by atoms with van der Waals surface area (Å²) in [5.74, 6) is 0. The van der Waals surface area contributed by atoms with Crippen LogP contribution in [0.25, 0.3) is 0 Å². The summed E-state index contributed by atoms with van der Waals surface area (Å²) in [6.07, 6.45) is 8.18. The van der Waals surface area contributed by atoms with E-state index in [0.29, 0.717) is 5.54 Å². The summed E-state index contributed by atoms with van der Waals surface area (Å²) < 4.78 is 0. The molecule has 3 heteroatoms. The van der Waals surface area contributed by atoms with E-state index in [1.54, 1.807) is 0 Å². The lowest BCUT2D eigenvalue weighted by molar-refractivity contribution is 0.0379. The highest BCUT2D eigenvalue weighted by atomic mass is 32.1. The first-order chi connectivity index (χ1) is 9.57. The van der Waals surface area contributed by atoms with Gasteiger partial charge in [0.1, 0.15) is 0 Å². The normalized spacial score (nSPS) is 25.9. The van der Waals surface area contributed by atoms with E-state index >= 15 is 0 Å². The molecule has 3 rings (SSSR count). The van der Waals surface area contributed by atoms with Gasteiger partial charge in [-0.05, 0) is 44.6 Å². The lowest BCUT2D eigenvalue weighted by atomic mass is 9.77. The lowest BCUT2D eigenvalue weighted by Gasteiger charge is -2.53. The van der Waals surface area contributed by atoms with Crippen molar-refractivity contribution in [1.82, 2.24) is 10.2 Å². The van der Waals surface area contributed by atoms with E-state index in [1.807, 2.05) is 11.3 Å². The molecule has 1 N–H and O–H groups in total. The second kappa shape index (κ2) is 5.78. The van der Waals surface area contributed by atoms with Crippen LogP contribution in [0, 0.1) is 0 Å². The first kappa shape index (κ1) is 14.6. The summed E-state index contributed by atoms with van der Waals surface area (Å²) in [7, 11) is 0. The Morgan fingerprint density at radius 3 is 2.70 bits per heavy atom. The highest BCUT2D eigenvalue weighted by Crippen LogP contribution is 2.34. The zero-order chi connectivity index (χ0) is 14.1. The van der Waals surface area contributed by atoms with E-state index in [9.17, 15) is 0 Å². The number of hydrogen-bond acceptors (Lipinski definition) is 3. The van der Waals surface area contributed by atoms with E-state index in [2.05, 4.69) is 41.6 Å². The van der Waals surface area contributed by atoms with E-state index in [-0.39, 0.29) is 5.54 Å². The van der Waals surface area contributed by atoms with Gasteiger partial charge in [0.05, 0.1) is 0 Å². The topological polar surface area (TPSA) is 15.3 Å². The van der Waals surface area contributed by atoms with Crippen LogP contribution >= 0.6 is 11.3 Å². The molecule has 2 nitrogen and oxygen atoms in total. The van der Waals surface area contributed by atoms with Crippen LogP contribution in [-0.4, -0.2) is 35.6 Å². The van der Waals surface area contributed by atoms with Crippen LogP contribution in [0.3, 0.4) is 0 Å². The molecule has 0 radical (unpaired) electrons. The summed E-state index contributed by atoms with van der Waals surface area (Å²) >= 11 is 1.90. The van der Waals surface area contributed by atoms with Crippen LogP contribution in [0.4, 0.5) is 0 Å². The summed E-state index contributed by atoms with van der Waals surface area (Å²) in [6, 6.07) is 4.44. The summed E-state index contributed by atoms with van der Waals surface area (Å²) in [5, 5.41) is 6.19. The quantitative estimate of drug-likeness (QED) is 0.914. The van der Waals surface area contributed by atoms with Crippen LogP contribution in [0.15, 0.2) is 17.5 Å². The number of piperazine rings is 1. The van der Waals surface area contributed by atoms with Gasteiger partial charge in [-0.2, -0.15) is 0 Å². The third kappa shape index (κ3) is 3.44. The number of hydrogen-bond donors (Lipinski definition) is 1. The molecule has 1 saturated heterocycles. The predicted octanol–water partition coefficient (Wildman–Crippen LogP) is 3.68. The van der Waals surface area contributed by atoms with Gasteiger partial charge in [-0.25, -0.2) is 0 Å². The molecular weight excluding hydrogens is 264 g/mol. The zero-order valence-corrected chi connectivity index (χ0v) is 13.8. The standard InChI is InChI=1S/C17H28N2S/c1-16(2)13-19(11-8-15-7-6-12-20-15)14-17(18-16)9-4-3-5-10-17/h6-7,12,18H,3-5,8-11,13-14H2,1-2H3. The minimum atomic E-state index is 0.255. The summed E-state index contributed by atoms with van der Waals surface area (Å²) in [6.45, 7) is 8.40. The third-order valence-electron chi connectivity index (χ3n) is 4.81. The van der Waals surface area contributed by atoms with Crippen LogP contribution in [0.1, 0.15) is 50.8 Å². The Morgan fingerprint density at radius 1 is 1.20 bits per heavy atom. The maximum Gasteiger partial charge on any atom is 0.0313 e. The van der Waals surface area contributed by atoms with Crippen molar-refractivity contribution < 1.29 is 0 Å². The van der Waals surface area contributed by atoms with Gasteiger partial charge in [0.2, 0.25) is 0 Å². The van der Waals surface area contributed by atoms with E-state index < -0.39 is 0 Å². The average molecular weight is 292 g/mol. The molecular formula is C17H28N2S. The van der Waals surface area contributed by atoms with Crippen LogP contribution in [0.2, 0.25) is 0 Å². The molecule has 20 heavy (non-hydrogen) atoms. The third-order valence-corrected chi connectivity index (χ3v) is 5.75. The van der Waals surface area contributed by atoms with Gasteiger partial charge >= 0.3 is 0 Å². The SMILES string of the molecule is CC1(C)CN(CCc2cccs2)CC2(CCCCC2)N1. The fourth-order valence-electron chi connectivity index (χ4n) is 4.23. The minimum Gasteiger partial charge on any atom is -0.304 e. The fraction of sp³-hybridized carbons (Fsp3) is 0.765. The minimum absolute atomic E-state index is 0.255. The average Bonchev–Trinajstić information content (AvgIpc) is 2.88. The van der Waals surface area contributed by atoms with Gasteiger partial charge in [-0.15, -0.1) is 11.3 Å². The monoisotopic (exact) mass is 292 g/mol. The first-order valence-electron chi connectivity index (χ1n) is 8.11. The van der Waals surface area contributed by atoms with Crippen LogP contribution < -0.4 is 5.32 Å². The van der Waals surface area contributed by atoms with Crippen molar-refractivity contribution in [1.29, 1.82) is 0 Å². The van der Waals surface area contributed by atoms with Crippen LogP contribution in [-0.2, 0) is 6.42 Å². The van der Waals surface area contributed by atoms with Gasteiger partial charge in [0.25, 0.3) is 0 Å². The van der Waals surface area contributed by atoms with Crippen molar-refractivity contribution in [2.45, 2.75) is 63.5 Å². The van der Waals surface area contributed by atoms with Crippen molar-refractivity contribution in [3.05, 3.63) is 22.4 Å². The second-order valence-electron chi connectivity index (χ2n) is 7.39. The number of nitrogens with zero attached hydrogens (tertiary/aromatic N) is 1. The fourth-order valence-corrected chi connectivity index (χ4v) is 4.93. The Bertz CT molecular complexity index is 418. The van der Waals surface area contributed by atoms with Gasteiger partial charge in [-0.1, -0.05) is 25.3 Å². The molecule has 1 aromatic rings. The maximum atomic E-state index is 3.99. The lowest BCUT2D eigenvalue weighted by Crippen LogP contribution is -2.69. The Morgan fingerprint density at radius 2 is 2.00 bits per heavy atom. The van der Waals surface area contributed by atoms with Crippen molar-refractivity contribution in [3.63, 3.8) is 0 Å². The van der Waals surface area contributed by atoms with Crippen molar-refractivity contribution in [3.8, 4) is 0 Å². The molecule has 2 aliphatic rings. The molecule has 0 atom stereocenters. The molecule has 112 valence electrons. The summed E-state index contributed by atoms with van der Waals surface area (Å²) in [5.41, 5.74) is 0.653. The zero-order valence-electron chi connectivity index (χ0n) is 13.0. The number of rotatable bonds is 3. The molecule has 1 aliphatic heterocycles. The van der Waals surface area contributed by atoms with E-state index in [4.69, 9.17) is 0 Å². The Hall–Kier alpha value is -0.380. The van der Waals surface area contributed by atoms with Crippen molar-refractivity contribution in [2.75, 3.05) is 19.6 Å². The predicted molar refractivity (Wildman–Crippen MR) is 87.5 cm³/mol. The Balaban J connectivity index is 1.64. The molecule has 0 bridgehead atoms. The van der Waals surface area contributed by atoms with Crippen LogP contribution in [0.5, 0.6) is 0 Å². The molecule has 1 aromatic heterocycles. The second-order valence-corrected chi connectivity index (χ2v) is 8.42. The Labute approximate surface area is 127 Å². The molecule has 0 unspecified atom stereocenters. The molecule has 0 aromatic carbocycles. The molecule has 1 saturated carbocycles. The van der Waals surface area contributed by atoms with Gasteiger partial charge in [0, 0.05) is 35.6 Å². The molecule has 0 amide bonds. The van der Waals surface area contributed by atoms with E-state index in [0.717, 1.165) is 0 Å². The molecule has 2 fully saturated rings. The van der Waals surface area contributed by atoms with Gasteiger partial charge in [-0.3, -0.25) is 4.90 Å². The largest absolute Gasteiger partial charge is 0.304 e. The first-order valence-corrected chi connectivity index (χ1v) is 8.99. The highest BCUT2D eigenvalue weighted by molar-refractivity contribution is 7.09. The maximum absolute atomic E-state index is 3.99. The molecule has 1 spiro atoms. The molecule has 2 heterocycles. The smallest absolute Gasteiger partial charge is 0.0313 e. The number of thiophene rings is 1. The van der Waals surface area contributed by atoms with Gasteiger partial charge in [0.15, 0.2) is 0 Å². The molecule has 1 aliphatic carbocycles. The van der Waals surface area contributed by atoms with Crippen molar-refractivity contribution >= 4 is 11.3 Å². The van der Waals surface area contributed by atoms with E-state index in [1.165, 1.54) is 63.0 Å². The van der Waals surface area contributed by atoms with Crippen molar-refractivity contribution in [2.24, 2.45) is 0 Å².